The Morgan fingerprint density at radius 3 is 2.21 bits per heavy atom. The summed E-state index contributed by atoms with van der Waals surface area (Å²) in [5.74, 6) is -2.56. The highest BCUT2D eigenvalue weighted by atomic mass is 16.5. The van der Waals surface area contributed by atoms with Gasteiger partial charge in [0.05, 0.1) is 26.0 Å². The molecule has 3 rings (SSSR count). The van der Waals surface area contributed by atoms with Gasteiger partial charge in [0.25, 0.3) is 0 Å². The van der Waals surface area contributed by atoms with E-state index in [4.69, 9.17) is 29.0 Å². The molecular formula is C16H24N2O6. The Balaban J connectivity index is 0.000000301. The maximum Gasteiger partial charge on any atom is 0.414 e. The van der Waals surface area contributed by atoms with Crippen LogP contribution >= 0.6 is 0 Å². The van der Waals surface area contributed by atoms with Crippen LogP contribution in [-0.2, 0) is 20.9 Å². The minimum Gasteiger partial charge on any atom is -0.473 e. The predicted molar refractivity (Wildman–Crippen MR) is 84.7 cm³/mol. The summed E-state index contributed by atoms with van der Waals surface area (Å²) >= 11 is 0. The van der Waals surface area contributed by atoms with Gasteiger partial charge in [-0.15, -0.1) is 0 Å². The van der Waals surface area contributed by atoms with Crippen LogP contribution in [0.25, 0.3) is 0 Å². The van der Waals surface area contributed by atoms with Crippen molar-refractivity contribution in [1.82, 2.24) is 9.80 Å². The van der Waals surface area contributed by atoms with Crippen molar-refractivity contribution in [2.24, 2.45) is 0 Å². The lowest BCUT2D eigenvalue weighted by molar-refractivity contribution is -0.159. The molecule has 2 N–H and O–H groups in total. The molecule has 1 aromatic heterocycles. The average molecular weight is 340 g/mol. The smallest absolute Gasteiger partial charge is 0.414 e. The van der Waals surface area contributed by atoms with Crippen LogP contribution in [0.1, 0.15) is 18.6 Å². The van der Waals surface area contributed by atoms with Gasteiger partial charge in [0.15, 0.2) is 0 Å². The Morgan fingerprint density at radius 2 is 1.71 bits per heavy atom. The highest BCUT2D eigenvalue weighted by molar-refractivity contribution is 6.27. The molecule has 0 bridgehead atoms. The zero-order valence-electron chi connectivity index (χ0n) is 13.6. The van der Waals surface area contributed by atoms with Gasteiger partial charge in [-0.1, -0.05) is 0 Å². The summed E-state index contributed by atoms with van der Waals surface area (Å²) in [4.78, 5) is 23.3. The van der Waals surface area contributed by atoms with Crippen molar-refractivity contribution in [1.29, 1.82) is 0 Å². The summed E-state index contributed by atoms with van der Waals surface area (Å²) in [6, 6.07) is 4.80. The van der Waals surface area contributed by atoms with Crippen LogP contribution in [-0.4, -0.2) is 77.4 Å². The Kier molecular flexibility index (Phi) is 7.23. The van der Waals surface area contributed by atoms with E-state index in [-0.39, 0.29) is 0 Å². The lowest BCUT2D eigenvalue weighted by Crippen LogP contribution is -2.48. The number of carbonyl (C=O) groups is 2. The highest BCUT2D eigenvalue weighted by Gasteiger charge is 2.25. The third-order valence-electron chi connectivity index (χ3n) is 4.26. The van der Waals surface area contributed by atoms with Gasteiger partial charge in [-0.2, -0.15) is 0 Å². The third-order valence-corrected chi connectivity index (χ3v) is 4.26. The topological polar surface area (TPSA) is 103 Å². The quantitative estimate of drug-likeness (QED) is 0.776. The van der Waals surface area contributed by atoms with E-state index < -0.39 is 11.9 Å². The first-order valence-electron chi connectivity index (χ1n) is 8.09. The molecule has 2 saturated heterocycles. The van der Waals surface area contributed by atoms with Crippen LogP contribution in [0, 0.1) is 0 Å². The molecule has 2 aliphatic heterocycles. The van der Waals surface area contributed by atoms with Crippen molar-refractivity contribution in [2.45, 2.75) is 25.4 Å². The molecule has 0 amide bonds. The van der Waals surface area contributed by atoms with Gasteiger partial charge in [-0.05, 0) is 25.0 Å². The van der Waals surface area contributed by atoms with Crippen molar-refractivity contribution in [3.63, 3.8) is 0 Å². The minimum atomic E-state index is -1.82. The molecule has 134 valence electrons. The number of aliphatic carboxylic acids is 2. The van der Waals surface area contributed by atoms with E-state index in [0.717, 1.165) is 44.7 Å². The van der Waals surface area contributed by atoms with E-state index in [1.165, 1.54) is 25.9 Å². The molecule has 0 aliphatic carbocycles. The molecule has 0 aromatic carbocycles. The number of rotatable bonds is 3. The first-order chi connectivity index (χ1) is 11.6. The number of carboxylic acids is 2. The Hall–Kier alpha value is -1.90. The SMILES string of the molecule is O=C(O)C(=O)O.c1coc(CN2CCC(N3CCOCC3)CC2)c1. The van der Waals surface area contributed by atoms with Crippen molar-refractivity contribution >= 4 is 11.9 Å². The fourth-order valence-corrected chi connectivity index (χ4v) is 3.01. The maximum atomic E-state index is 9.10. The zero-order chi connectivity index (χ0) is 17.4. The largest absolute Gasteiger partial charge is 0.473 e. The number of hydrogen-bond acceptors (Lipinski definition) is 6. The standard InChI is InChI=1S/C14H22N2O2.C2H2O4/c1-2-14(18-9-1)12-15-5-3-13(4-6-15)16-7-10-17-11-8-16;3-1(4)2(5)6/h1-2,9,13H,3-8,10-12H2;(H,3,4)(H,5,6). The van der Waals surface area contributed by atoms with Crippen LogP contribution < -0.4 is 0 Å². The number of morpholine rings is 1. The molecule has 3 heterocycles. The van der Waals surface area contributed by atoms with Crippen LogP contribution in [0.5, 0.6) is 0 Å². The van der Waals surface area contributed by atoms with Crippen LogP contribution in [0.3, 0.4) is 0 Å². The van der Waals surface area contributed by atoms with Gasteiger partial charge in [-0.3, -0.25) is 9.80 Å². The molecule has 8 nitrogen and oxygen atoms in total. The molecule has 1 aromatic rings. The molecule has 0 spiro atoms. The molecule has 0 atom stereocenters. The molecule has 2 fully saturated rings. The lowest BCUT2D eigenvalue weighted by Gasteiger charge is -2.39. The zero-order valence-corrected chi connectivity index (χ0v) is 13.6. The van der Waals surface area contributed by atoms with Gasteiger partial charge in [0.1, 0.15) is 5.76 Å². The molecule has 0 saturated carbocycles. The number of hydrogen-bond donors (Lipinski definition) is 2. The summed E-state index contributed by atoms with van der Waals surface area (Å²) < 4.78 is 10.8. The van der Waals surface area contributed by atoms with Crippen LogP contribution in [0.15, 0.2) is 22.8 Å². The fraction of sp³-hybridized carbons (Fsp3) is 0.625. The summed E-state index contributed by atoms with van der Waals surface area (Å²) in [5.41, 5.74) is 0. The Labute approximate surface area is 140 Å². The second kappa shape index (κ2) is 9.41. The number of carboxylic acid groups (broad SMARTS) is 2. The Bertz CT molecular complexity index is 493. The summed E-state index contributed by atoms with van der Waals surface area (Å²) in [5, 5.41) is 14.8. The molecule has 0 unspecified atom stereocenters. The number of likely N-dealkylation sites (tertiary alicyclic amines) is 1. The fourth-order valence-electron chi connectivity index (χ4n) is 3.01. The number of nitrogens with zero attached hydrogens (tertiary/aromatic N) is 2. The molecule has 8 heteroatoms. The van der Waals surface area contributed by atoms with E-state index in [0.29, 0.717) is 0 Å². The van der Waals surface area contributed by atoms with E-state index >= 15 is 0 Å². The number of piperidine rings is 1. The average Bonchev–Trinajstić information content (AvgIpc) is 3.10. The third kappa shape index (κ3) is 5.95. The van der Waals surface area contributed by atoms with E-state index in [1.54, 1.807) is 6.26 Å². The van der Waals surface area contributed by atoms with Crippen LogP contribution in [0.2, 0.25) is 0 Å². The van der Waals surface area contributed by atoms with Crippen molar-refractivity contribution < 1.29 is 29.0 Å². The summed E-state index contributed by atoms with van der Waals surface area (Å²) in [6.07, 6.45) is 4.32. The molecule has 0 radical (unpaired) electrons. The number of ether oxygens (including phenoxy) is 1. The maximum absolute atomic E-state index is 9.10. The monoisotopic (exact) mass is 340 g/mol. The van der Waals surface area contributed by atoms with E-state index in [9.17, 15) is 0 Å². The minimum absolute atomic E-state index is 0.766. The molecule has 24 heavy (non-hydrogen) atoms. The van der Waals surface area contributed by atoms with Crippen molar-refractivity contribution in [3.8, 4) is 0 Å². The highest BCUT2D eigenvalue weighted by Crippen LogP contribution is 2.19. The normalized spacial score (nSPS) is 20.2. The summed E-state index contributed by atoms with van der Waals surface area (Å²) in [7, 11) is 0. The second-order valence-electron chi connectivity index (χ2n) is 5.85. The number of furan rings is 1. The van der Waals surface area contributed by atoms with Crippen LogP contribution in [0.4, 0.5) is 0 Å². The Morgan fingerprint density at radius 1 is 1.08 bits per heavy atom. The first-order valence-corrected chi connectivity index (χ1v) is 8.09. The predicted octanol–water partition coefficient (Wildman–Crippen LogP) is 0.732. The molecule has 2 aliphatic rings. The lowest BCUT2D eigenvalue weighted by atomic mass is 10.0. The van der Waals surface area contributed by atoms with Gasteiger partial charge in [0, 0.05) is 32.2 Å². The summed E-state index contributed by atoms with van der Waals surface area (Å²) in [6.45, 7) is 7.37. The van der Waals surface area contributed by atoms with Gasteiger partial charge < -0.3 is 19.4 Å². The first kappa shape index (κ1) is 18.4. The van der Waals surface area contributed by atoms with E-state index in [2.05, 4.69) is 15.9 Å². The van der Waals surface area contributed by atoms with Gasteiger partial charge in [0.2, 0.25) is 0 Å². The van der Waals surface area contributed by atoms with E-state index in [1.807, 2.05) is 6.07 Å². The van der Waals surface area contributed by atoms with Gasteiger partial charge >= 0.3 is 11.9 Å². The van der Waals surface area contributed by atoms with Gasteiger partial charge in [-0.25, -0.2) is 9.59 Å². The van der Waals surface area contributed by atoms with Crippen molar-refractivity contribution in [3.05, 3.63) is 24.2 Å². The van der Waals surface area contributed by atoms with Crippen molar-refractivity contribution in [2.75, 3.05) is 39.4 Å². The molecular weight excluding hydrogens is 316 g/mol. The second-order valence-corrected chi connectivity index (χ2v) is 5.85.